The molecule has 4 rings (SSSR count). The fourth-order valence-corrected chi connectivity index (χ4v) is 3.31. The zero-order chi connectivity index (χ0) is 19.7. The van der Waals surface area contributed by atoms with Gasteiger partial charge in [-0.2, -0.15) is 0 Å². The van der Waals surface area contributed by atoms with E-state index in [1.54, 1.807) is 20.3 Å². The van der Waals surface area contributed by atoms with E-state index in [9.17, 15) is 4.79 Å². The third-order valence-electron chi connectivity index (χ3n) is 4.68. The first-order valence-electron chi connectivity index (χ1n) is 8.70. The molecule has 0 saturated heterocycles. The van der Waals surface area contributed by atoms with Gasteiger partial charge in [-0.25, -0.2) is 15.0 Å². The van der Waals surface area contributed by atoms with Gasteiger partial charge >= 0.3 is 0 Å². The number of rotatable bonds is 4. The first-order valence-corrected chi connectivity index (χ1v) is 8.70. The average Bonchev–Trinajstić information content (AvgIpc) is 2.73. The summed E-state index contributed by atoms with van der Waals surface area (Å²) >= 11 is 0. The molecule has 0 spiro atoms. The Kier molecular flexibility index (Phi) is 4.52. The van der Waals surface area contributed by atoms with Gasteiger partial charge in [-0.05, 0) is 29.8 Å². The van der Waals surface area contributed by atoms with E-state index >= 15 is 0 Å². The van der Waals surface area contributed by atoms with E-state index in [4.69, 9.17) is 15.2 Å². The number of carbonyl (C=O) groups excluding carboxylic acids is 1. The summed E-state index contributed by atoms with van der Waals surface area (Å²) in [5.74, 6) is 1.10. The summed E-state index contributed by atoms with van der Waals surface area (Å²) in [5.41, 5.74) is 9.25. The Bertz CT molecular complexity index is 1050. The van der Waals surface area contributed by atoms with Crippen LogP contribution in [0.5, 0.6) is 11.6 Å². The van der Waals surface area contributed by atoms with Crippen molar-refractivity contribution >= 4 is 11.9 Å². The number of nitrogens with one attached hydrogen (secondary N) is 1. The number of anilines is 1. The number of hydrogen-bond donors (Lipinski definition) is 2. The van der Waals surface area contributed by atoms with Crippen LogP contribution in [0.25, 0.3) is 11.3 Å². The SMILES string of the molecule is COc1ccc(-c2cccc(OC)n2)c(C2Cc3nc(N)ncc3C(=O)N2)c1. The zero-order valence-electron chi connectivity index (χ0n) is 15.5. The Labute approximate surface area is 161 Å². The molecule has 8 nitrogen and oxygen atoms in total. The first kappa shape index (κ1) is 17.7. The van der Waals surface area contributed by atoms with Crippen molar-refractivity contribution in [2.75, 3.05) is 20.0 Å². The number of nitrogens with zero attached hydrogens (tertiary/aromatic N) is 3. The summed E-state index contributed by atoms with van der Waals surface area (Å²) in [4.78, 5) is 25.3. The number of pyridine rings is 1. The summed E-state index contributed by atoms with van der Waals surface area (Å²) in [5, 5.41) is 3.02. The molecule has 0 saturated carbocycles. The quantitative estimate of drug-likeness (QED) is 0.716. The summed E-state index contributed by atoms with van der Waals surface area (Å²) in [6, 6.07) is 10.9. The third-order valence-corrected chi connectivity index (χ3v) is 4.68. The molecule has 3 aromatic rings. The van der Waals surface area contributed by atoms with E-state index in [0.29, 0.717) is 29.3 Å². The Morgan fingerprint density at radius 2 is 1.96 bits per heavy atom. The molecular formula is C20H19N5O3. The highest BCUT2D eigenvalue weighted by atomic mass is 16.5. The molecular weight excluding hydrogens is 358 g/mol. The molecule has 1 aliphatic heterocycles. The number of amides is 1. The second-order valence-corrected chi connectivity index (χ2v) is 6.34. The molecule has 1 unspecified atom stereocenters. The van der Waals surface area contributed by atoms with Gasteiger partial charge in [-0.15, -0.1) is 0 Å². The van der Waals surface area contributed by atoms with E-state index in [2.05, 4.69) is 20.3 Å². The number of methoxy groups -OCH3 is 2. The minimum atomic E-state index is -0.313. The molecule has 0 aliphatic carbocycles. The van der Waals surface area contributed by atoms with E-state index in [-0.39, 0.29) is 17.9 Å². The molecule has 28 heavy (non-hydrogen) atoms. The van der Waals surface area contributed by atoms with E-state index in [0.717, 1.165) is 16.8 Å². The van der Waals surface area contributed by atoms with Crippen molar-refractivity contribution in [2.45, 2.75) is 12.5 Å². The second-order valence-electron chi connectivity index (χ2n) is 6.34. The van der Waals surface area contributed by atoms with E-state index in [1.807, 2.05) is 30.3 Å². The fourth-order valence-electron chi connectivity index (χ4n) is 3.31. The van der Waals surface area contributed by atoms with Crippen molar-refractivity contribution < 1.29 is 14.3 Å². The van der Waals surface area contributed by atoms with Gasteiger partial charge in [0.25, 0.3) is 5.91 Å². The monoisotopic (exact) mass is 377 g/mol. The summed E-state index contributed by atoms with van der Waals surface area (Å²) < 4.78 is 10.6. The van der Waals surface area contributed by atoms with Gasteiger partial charge in [0.05, 0.1) is 37.2 Å². The van der Waals surface area contributed by atoms with Crippen LogP contribution in [0, 0.1) is 0 Å². The Morgan fingerprint density at radius 3 is 2.75 bits per heavy atom. The highest BCUT2D eigenvalue weighted by Gasteiger charge is 2.29. The maximum absolute atomic E-state index is 12.6. The van der Waals surface area contributed by atoms with Gasteiger partial charge in [0.15, 0.2) is 0 Å². The van der Waals surface area contributed by atoms with Gasteiger partial charge in [0.2, 0.25) is 11.8 Å². The Balaban J connectivity index is 1.81. The molecule has 3 heterocycles. The lowest BCUT2D eigenvalue weighted by molar-refractivity contribution is 0.0923. The summed E-state index contributed by atoms with van der Waals surface area (Å²) in [6.45, 7) is 0. The van der Waals surface area contributed by atoms with E-state index < -0.39 is 0 Å². The van der Waals surface area contributed by atoms with E-state index in [1.165, 1.54) is 6.20 Å². The van der Waals surface area contributed by atoms with Gasteiger partial charge < -0.3 is 20.5 Å². The van der Waals surface area contributed by atoms with Crippen molar-refractivity contribution in [3.8, 4) is 22.9 Å². The van der Waals surface area contributed by atoms with Gasteiger partial charge in [-0.3, -0.25) is 4.79 Å². The van der Waals surface area contributed by atoms with Crippen LogP contribution in [-0.4, -0.2) is 35.1 Å². The number of nitrogen functional groups attached to an aromatic ring is 1. The highest BCUT2D eigenvalue weighted by molar-refractivity contribution is 5.96. The normalized spacial score (nSPS) is 15.5. The van der Waals surface area contributed by atoms with Crippen LogP contribution in [0.4, 0.5) is 5.95 Å². The average molecular weight is 377 g/mol. The molecule has 0 fully saturated rings. The van der Waals surface area contributed by atoms with Crippen LogP contribution in [0.1, 0.15) is 27.7 Å². The van der Waals surface area contributed by atoms with Crippen molar-refractivity contribution in [3.05, 3.63) is 59.4 Å². The predicted octanol–water partition coefficient (Wildman–Crippen LogP) is 2.17. The van der Waals surface area contributed by atoms with Crippen LogP contribution in [0.2, 0.25) is 0 Å². The molecule has 1 amide bonds. The molecule has 8 heteroatoms. The highest BCUT2D eigenvalue weighted by Crippen LogP contribution is 2.35. The van der Waals surface area contributed by atoms with Crippen molar-refractivity contribution in [3.63, 3.8) is 0 Å². The number of hydrogen-bond acceptors (Lipinski definition) is 7. The summed E-state index contributed by atoms with van der Waals surface area (Å²) in [6.07, 6.45) is 1.94. The van der Waals surface area contributed by atoms with Crippen molar-refractivity contribution in [1.82, 2.24) is 20.3 Å². The lowest BCUT2D eigenvalue weighted by Gasteiger charge is -2.27. The number of fused-ring (bicyclic) bond motifs is 1. The molecule has 1 aliphatic rings. The lowest BCUT2D eigenvalue weighted by Crippen LogP contribution is -2.36. The fraction of sp³-hybridized carbons (Fsp3) is 0.200. The smallest absolute Gasteiger partial charge is 0.255 e. The van der Waals surface area contributed by atoms with Crippen molar-refractivity contribution in [1.29, 1.82) is 0 Å². The lowest BCUT2D eigenvalue weighted by atomic mass is 9.91. The minimum Gasteiger partial charge on any atom is -0.497 e. The summed E-state index contributed by atoms with van der Waals surface area (Å²) in [7, 11) is 3.18. The number of ether oxygens (including phenoxy) is 2. The molecule has 0 radical (unpaired) electrons. The van der Waals surface area contributed by atoms with Crippen LogP contribution in [0.3, 0.4) is 0 Å². The maximum Gasteiger partial charge on any atom is 0.255 e. The minimum absolute atomic E-state index is 0.146. The Morgan fingerprint density at radius 1 is 1.11 bits per heavy atom. The number of aromatic nitrogens is 3. The van der Waals surface area contributed by atoms with Gasteiger partial charge in [-0.1, -0.05) is 6.07 Å². The topological polar surface area (TPSA) is 112 Å². The van der Waals surface area contributed by atoms with Crippen LogP contribution in [0.15, 0.2) is 42.6 Å². The third kappa shape index (κ3) is 3.20. The predicted molar refractivity (Wildman–Crippen MR) is 103 cm³/mol. The molecule has 1 aromatic carbocycles. The van der Waals surface area contributed by atoms with Crippen LogP contribution in [-0.2, 0) is 6.42 Å². The van der Waals surface area contributed by atoms with Gasteiger partial charge in [0, 0.05) is 24.2 Å². The van der Waals surface area contributed by atoms with Crippen LogP contribution >= 0.6 is 0 Å². The molecule has 142 valence electrons. The zero-order valence-corrected chi connectivity index (χ0v) is 15.5. The van der Waals surface area contributed by atoms with Crippen molar-refractivity contribution in [2.24, 2.45) is 0 Å². The largest absolute Gasteiger partial charge is 0.497 e. The number of benzene rings is 1. The number of nitrogens with two attached hydrogens (primary N) is 1. The molecule has 1 atom stereocenters. The second kappa shape index (κ2) is 7.15. The molecule has 3 N–H and O–H groups in total. The van der Waals surface area contributed by atoms with Crippen LogP contribution < -0.4 is 20.5 Å². The molecule has 0 bridgehead atoms. The first-order chi connectivity index (χ1) is 13.6. The van der Waals surface area contributed by atoms with Gasteiger partial charge in [0.1, 0.15) is 5.75 Å². The standard InChI is InChI=1S/C20H19N5O3/c1-27-11-6-7-12(15-4-3-5-18(23-15)28-2)13(8-11)16-9-17-14(19(26)24-16)10-22-20(21)25-17/h3-8,10,16H,9H2,1-2H3,(H,24,26)(H2,21,22,25). The maximum atomic E-state index is 12.6. The molecule has 2 aromatic heterocycles. The Hall–Kier alpha value is -3.68. The number of carbonyl (C=O) groups is 1.